The van der Waals surface area contributed by atoms with E-state index in [0.717, 1.165) is 16.6 Å². The smallest absolute Gasteiger partial charge is 0.168 e. The predicted molar refractivity (Wildman–Crippen MR) is 94.2 cm³/mol. The highest BCUT2D eigenvalue weighted by Crippen LogP contribution is 2.43. The van der Waals surface area contributed by atoms with Crippen LogP contribution in [-0.4, -0.2) is 12.5 Å². The van der Waals surface area contributed by atoms with Gasteiger partial charge in [0.1, 0.15) is 0 Å². The first-order valence-electron chi connectivity index (χ1n) is 7.63. The van der Waals surface area contributed by atoms with E-state index >= 15 is 0 Å². The summed E-state index contributed by atoms with van der Waals surface area (Å²) in [7, 11) is -1.57. The fourth-order valence-corrected chi connectivity index (χ4v) is 11.3. The molecule has 0 N–H and O–H groups in total. The molecule has 0 aliphatic carbocycles. The number of rotatable bonds is 5. The van der Waals surface area contributed by atoms with Crippen LogP contribution >= 0.6 is 11.3 Å². The molecule has 0 aliphatic rings. The van der Waals surface area contributed by atoms with E-state index in [4.69, 9.17) is 0 Å². The van der Waals surface area contributed by atoms with Gasteiger partial charge in [0.15, 0.2) is 8.24 Å². The van der Waals surface area contributed by atoms with Gasteiger partial charge in [-0.25, -0.2) is 0 Å². The Labute approximate surface area is 128 Å². The van der Waals surface area contributed by atoms with Crippen molar-refractivity contribution in [1.82, 2.24) is 4.23 Å². The lowest BCUT2D eigenvalue weighted by Gasteiger charge is -2.44. The van der Waals surface area contributed by atoms with Gasteiger partial charge < -0.3 is 4.23 Å². The lowest BCUT2D eigenvalue weighted by atomic mass is 10.3. The standard InChI is InChI=1S/C17H27NSSi/c1-13(2)20(14(3)4,15(5)6)18-10-9-16(12-18)17-8-7-11-19-17/h7-15H,1-6H3. The van der Waals surface area contributed by atoms with Crippen molar-refractivity contribution in [1.29, 1.82) is 0 Å². The summed E-state index contributed by atoms with van der Waals surface area (Å²) in [5.41, 5.74) is 3.60. The van der Waals surface area contributed by atoms with Gasteiger partial charge in [0.25, 0.3) is 0 Å². The Morgan fingerprint density at radius 1 is 0.950 bits per heavy atom. The summed E-state index contributed by atoms with van der Waals surface area (Å²) >= 11 is 1.83. The van der Waals surface area contributed by atoms with Crippen LogP contribution in [0.2, 0.25) is 16.6 Å². The monoisotopic (exact) mass is 305 g/mol. The Morgan fingerprint density at radius 2 is 1.55 bits per heavy atom. The van der Waals surface area contributed by atoms with Crippen molar-refractivity contribution in [2.75, 3.05) is 0 Å². The van der Waals surface area contributed by atoms with Gasteiger partial charge in [-0.3, -0.25) is 0 Å². The summed E-state index contributed by atoms with van der Waals surface area (Å²) in [6.45, 7) is 14.5. The molecule has 0 saturated carbocycles. The maximum absolute atomic E-state index is 2.61. The summed E-state index contributed by atoms with van der Waals surface area (Å²) in [5, 5.41) is 2.16. The number of hydrogen-bond donors (Lipinski definition) is 0. The summed E-state index contributed by atoms with van der Waals surface area (Å²) in [5.74, 6) is 0. The Hall–Kier alpha value is -0.803. The Balaban J connectivity index is 2.50. The van der Waals surface area contributed by atoms with Crippen LogP contribution < -0.4 is 0 Å². The lowest BCUT2D eigenvalue weighted by molar-refractivity contribution is 0.766. The van der Waals surface area contributed by atoms with Crippen LogP contribution in [0.1, 0.15) is 41.5 Å². The van der Waals surface area contributed by atoms with Crippen molar-refractivity contribution in [3.05, 3.63) is 36.0 Å². The van der Waals surface area contributed by atoms with Crippen molar-refractivity contribution >= 4 is 19.6 Å². The molecule has 0 spiro atoms. The Morgan fingerprint density at radius 3 is 2.00 bits per heavy atom. The van der Waals surface area contributed by atoms with Gasteiger partial charge in [0.2, 0.25) is 0 Å². The average Bonchev–Trinajstić information content (AvgIpc) is 2.97. The van der Waals surface area contributed by atoms with E-state index in [9.17, 15) is 0 Å². The number of nitrogens with zero attached hydrogens (tertiary/aromatic N) is 1. The molecule has 0 atom stereocenters. The van der Waals surface area contributed by atoms with Crippen molar-refractivity contribution in [3.8, 4) is 10.4 Å². The van der Waals surface area contributed by atoms with Crippen LogP contribution in [0.5, 0.6) is 0 Å². The van der Waals surface area contributed by atoms with Gasteiger partial charge in [0.05, 0.1) is 0 Å². The van der Waals surface area contributed by atoms with Crippen LogP contribution in [0.25, 0.3) is 10.4 Å². The van der Waals surface area contributed by atoms with Crippen LogP contribution in [0.4, 0.5) is 0 Å². The lowest BCUT2D eigenvalue weighted by Crippen LogP contribution is -2.51. The maximum Gasteiger partial charge on any atom is 0.168 e. The average molecular weight is 306 g/mol. The second kappa shape index (κ2) is 5.90. The maximum atomic E-state index is 2.61. The summed E-state index contributed by atoms with van der Waals surface area (Å²) in [6, 6.07) is 6.64. The molecule has 0 amide bonds. The fourth-order valence-electron chi connectivity index (χ4n) is 4.12. The van der Waals surface area contributed by atoms with Gasteiger partial charge in [-0.05, 0) is 40.3 Å². The van der Waals surface area contributed by atoms with Crippen LogP contribution in [0.3, 0.4) is 0 Å². The molecule has 20 heavy (non-hydrogen) atoms. The van der Waals surface area contributed by atoms with Crippen molar-refractivity contribution in [2.45, 2.75) is 58.2 Å². The number of thiophene rings is 1. The zero-order valence-electron chi connectivity index (χ0n) is 13.6. The molecule has 0 unspecified atom stereocenters. The largest absolute Gasteiger partial charge is 0.379 e. The Bertz CT molecular complexity index is 515. The molecule has 2 heterocycles. The normalized spacial score (nSPS) is 12.8. The third-order valence-electron chi connectivity index (χ3n) is 4.72. The van der Waals surface area contributed by atoms with E-state index in [0.29, 0.717) is 0 Å². The topological polar surface area (TPSA) is 4.93 Å². The molecule has 0 aliphatic heterocycles. The van der Waals surface area contributed by atoms with Gasteiger partial charge in [-0.15, -0.1) is 11.3 Å². The molecular weight excluding hydrogens is 278 g/mol. The highest BCUT2D eigenvalue weighted by molar-refractivity contribution is 7.13. The first kappa shape index (κ1) is 15.6. The van der Waals surface area contributed by atoms with E-state index < -0.39 is 8.24 Å². The molecule has 3 heteroatoms. The minimum Gasteiger partial charge on any atom is -0.379 e. The Kier molecular flexibility index (Phi) is 4.60. The van der Waals surface area contributed by atoms with E-state index in [2.05, 4.69) is 81.7 Å². The molecule has 2 aromatic rings. The second-order valence-corrected chi connectivity index (χ2v) is 13.3. The zero-order chi connectivity index (χ0) is 14.9. The molecule has 2 rings (SSSR count). The summed E-state index contributed by atoms with van der Waals surface area (Å²) < 4.78 is 2.61. The zero-order valence-corrected chi connectivity index (χ0v) is 15.4. The third-order valence-corrected chi connectivity index (χ3v) is 12.4. The molecular formula is C17H27NSSi. The second-order valence-electron chi connectivity index (χ2n) is 6.64. The van der Waals surface area contributed by atoms with Crippen LogP contribution in [0, 0.1) is 0 Å². The van der Waals surface area contributed by atoms with Gasteiger partial charge >= 0.3 is 0 Å². The van der Waals surface area contributed by atoms with Gasteiger partial charge in [-0.1, -0.05) is 47.6 Å². The minimum atomic E-state index is -1.57. The van der Waals surface area contributed by atoms with Gasteiger partial charge in [-0.2, -0.15) is 0 Å². The number of hydrogen-bond acceptors (Lipinski definition) is 1. The third kappa shape index (κ3) is 2.42. The first-order valence-corrected chi connectivity index (χ1v) is 10.7. The fraction of sp³-hybridized carbons (Fsp3) is 0.529. The molecule has 0 fully saturated rings. The molecule has 2 aromatic heterocycles. The van der Waals surface area contributed by atoms with E-state index in [1.165, 1.54) is 10.4 Å². The SMILES string of the molecule is CC(C)[Si](C(C)C)(C(C)C)n1ccc(-c2cccs2)c1. The molecule has 0 aromatic carbocycles. The van der Waals surface area contributed by atoms with E-state index in [-0.39, 0.29) is 0 Å². The van der Waals surface area contributed by atoms with Crippen LogP contribution in [0.15, 0.2) is 36.0 Å². The highest BCUT2D eigenvalue weighted by atomic mass is 32.1. The van der Waals surface area contributed by atoms with Crippen LogP contribution in [-0.2, 0) is 0 Å². The quantitative estimate of drug-likeness (QED) is 0.576. The number of aromatic nitrogens is 1. The molecule has 0 radical (unpaired) electrons. The summed E-state index contributed by atoms with van der Waals surface area (Å²) in [6.07, 6.45) is 4.74. The van der Waals surface area contributed by atoms with E-state index in [1.807, 2.05) is 11.3 Å². The highest BCUT2D eigenvalue weighted by Gasteiger charge is 2.44. The first-order chi connectivity index (χ1) is 9.40. The minimum absolute atomic E-state index is 0.742. The van der Waals surface area contributed by atoms with Crippen molar-refractivity contribution < 1.29 is 0 Å². The van der Waals surface area contributed by atoms with Crippen molar-refractivity contribution in [3.63, 3.8) is 0 Å². The summed E-state index contributed by atoms with van der Waals surface area (Å²) in [4.78, 5) is 1.38. The van der Waals surface area contributed by atoms with E-state index in [1.54, 1.807) is 0 Å². The molecule has 110 valence electrons. The molecule has 0 saturated heterocycles. The van der Waals surface area contributed by atoms with Gasteiger partial charge in [0, 0.05) is 16.6 Å². The molecule has 0 bridgehead atoms. The molecule has 1 nitrogen and oxygen atoms in total. The predicted octanol–water partition coefficient (Wildman–Crippen LogP) is 6.24. The van der Waals surface area contributed by atoms with Crippen molar-refractivity contribution in [2.24, 2.45) is 0 Å².